The SMILES string of the molecule is COc1ccc(OC)c([C@@H](C)NS(=O)(=O)c2cccc3nsnc23)c1. The fraction of sp³-hybridized carbons (Fsp3) is 0.250. The monoisotopic (exact) mass is 379 g/mol. The van der Waals surface area contributed by atoms with Crippen LogP contribution < -0.4 is 14.2 Å². The van der Waals surface area contributed by atoms with Crippen molar-refractivity contribution in [1.29, 1.82) is 0 Å². The number of hydrogen-bond acceptors (Lipinski definition) is 7. The van der Waals surface area contributed by atoms with Crippen molar-refractivity contribution in [2.45, 2.75) is 17.9 Å². The minimum absolute atomic E-state index is 0.104. The zero-order valence-electron chi connectivity index (χ0n) is 13.9. The maximum atomic E-state index is 12.8. The van der Waals surface area contributed by atoms with Gasteiger partial charge in [-0.25, -0.2) is 13.1 Å². The lowest BCUT2D eigenvalue weighted by atomic mass is 10.1. The molecule has 1 atom stereocenters. The van der Waals surface area contributed by atoms with Gasteiger partial charge in [-0.05, 0) is 37.3 Å². The molecule has 7 nitrogen and oxygen atoms in total. The van der Waals surface area contributed by atoms with Crippen LogP contribution in [0.15, 0.2) is 41.3 Å². The van der Waals surface area contributed by atoms with Crippen molar-refractivity contribution in [2.75, 3.05) is 14.2 Å². The Morgan fingerprint density at radius 2 is 1.92 bits per heavy atom. The quantitative estimate of drug-likeness (QED) is 0.708. The third kappa shape index (κ3) is 3.44. The molecule has 1 aromatic heterocycles. The molecule has 132 valence electrons. The molecule has 0 saturated heterocycles. The molecule has 25 heavy (non-hydrogen) atoms. The number of hydrogen-bond donors (Lipinski definition) is 1. The summed E-state index contributed by atoms with van der Waals surface area (Å²) in [5, 5.41) is 0. The highest BCUT2D eigenvalue weighted by atomic mass is 32.2. The second-order valence-corrected chi connectivity index (χ2v) is 7.55. The zero-order valence-corrected chi connectivity index (χ0v) is 15.5. The summed E-state index contributed by atoms with van der Waals surface area (Å²) in [5.41, 5.74) is 1.60. The third-order valence-electron chi connectivity index (χ3n) is 3.77. The Kier molecular flexibility index (Phi) is 4.89. The van der Waals surface area contributed by atoms with Gasteiger partial charge in [-0.1, -0.05) is 6.07 Å². The van der Waals surface area contributed by atoms with Crippen LogP contribution >= 0.6 is 11.7 Å². The van der Waals surface area contributed by atoms with Gasteiger partial charge in [-0.2, -0.15) is 8.75 Å². The number of sulfonamides is 1. The fourth-order valence-electron chi connectivity index (χ4n) is 2.54. The molecule has 2 aromatic carbocycles. The van der Waals surface area contributed by atoms with Crippen molar-refractivity contribution in [2.24, 2.45) is 0 Å². The Bertz CT molecular complexity index is 1000. The first kappa shape index (κ1) is 17.6. The van der Waals surface area contributed by atoms with Gasteiger partial charge in [0.2, 0.25) is 10.0 Å². The molecule has 3 aromatic rings. The third-order valence-corrected chi connectivity index (χ3v) is 5.89. The smallest absolute Gasteiger partial charge is 0.243 e. The number of methoxy groups -OCH3 is 2. The van der Waals surface area contributed by atoms with Crippen molar-refractivity contribution in [1.82, 2.24) is 13.5 Å². The van der Waals surface area contributed by atoms with Crippen LogP contribution in [0.5, 0.6) is 11.5 Å². The van der Waals surface area contributed by atoms with Crippen molar-refractivity contribution in [3.63, 3.8) is 0 Å². The highest BCUT2D eigenvalue weighted by molar-refractivity contribution is 7.89. The molecule has 0 aliphatic rings. The Morgan fingerprint density at radius 3 is 2.64 bits per heavy atom. The minimum atomic E-state index is -3.79. The number of nitrogens with one attached hydrogen (secondary N) is 1. The molecule has 0 spiro atoms. The van der Waals surface area contributed by atoms with Crippen LogP contribution in [-0.4, -0.2) is 31.4 Å². The van der Waals surface area contributed by atoms with Gasteiger partial charge < -0.3 is 9.47 Å². The summed E-state index contributed by atoms with van der Waals surface area (Å²) in [6.45, 7) is 1.74. The highest BCUT2D eigenvalue weighted by Gasteiger charge is 2.24. The number of fused-ring (bicyclic) bond motifs is 1. The van der Waals surface area contributed by atoms with Crippen LogP contribution in [0.1, 0.15) is 18.5 Å². The van der Waals surface area contributed by atoms with Crippen LogP contribution in [0.3, 0.4) is 0 Å². The van der Waals surface area contributed by atoms with Crippen molar-refractivity contribution in [3.05, 3.63) is 42.0 Å². The van der Waals surface area contributed by atoms with Crippen LogP contribution in [0, 0.1) is 0 Å². The average molecular weight is 379 g/mol. The second-order valence-electron chi connectivity index (χ2n) is 5.34. The summed E-state index contributed by atoms with van der Waals surface area (Å²) in [6, 6.07) is 9.60. The van der Waals surface area contributed by atoms with Crippen LogP contribution in [0.4, 0.5) is 0 Å². The van der Waals surface area contributed by atoms with Gasteiger partial charge in [0.15, 0.2) is 0 Å². The van der Waals surface area contributed by atoms with E-state index in [0.717, 1.165) is 11.7 Å². The Morgan fingerprint density at radius 1 is 1.12 bits per heavy atom. The fourth-order valence-corrected chi connectivity index (χ4v) is 4.53. The summed E-state index contributed by atoms with van der Waals surface area (Å²) in [5.74, 6) is 1.19. The molecule has 0 aliphatic carbocycles. The van der Waals surface area contributed by atoms with E-state index in [4.69, 9.17) is 9.47 Å². The molecule has 0 bridgehead atoms. The Labute approximate surface area is 150 Å². The van der Waals surface area contributed by atoms with Gasteiger partial charge in [0.1, 0.15) is 27.4 Å². The van der Waals surface area contributed by atoms with Crippen molar-refractivity contribution < 1.29 is 17.9 Å². The molecule has 0 unspecified atom stereocenters. The molecule has 0 saturated carbocycles. The van der Waals surface area contributed by atoms with Gasteiger partial charge in [0.25, 0.3) is 0 Å². The predicted molar refractivity (Wildman–Crippen MR) is 95.7 cm³/mol. The maximum Gasteiger partial charge on any atom is 0.243 e. The first-order valence-corrected chi connectivity index (χ1v) is 9.63. The van der Waals surface area contributed by atoms with E-state index < -0.39 is 16.1 Å². The predicted octanol–water partition coefficient (Wildman–Crippen LogP) is 2.75. The lowest BCUT2D eigenvalue weighted by molar-refractivity contribution is 0.395. The molecule has 1 N–H and O–H groups in total. The standard InChI is InChI=1S/C16H17N3O4S2/c1-10(12-9-11(22-2)7-8-14(12)23-3)19-25(20,21)15-6-4-5-13-16(15)18-24-17-13/h4-10,19H,1-3H3/t10-/m1/s1. The van der Waals surface area contributed by atoms with E-state index in [1.165, 1.54) is 13.2 Å². The van der Waals surface area contributed by atoms with Gasteiger partial charge in [0, 0.05) is 11.6 Å². The molecule has 1 heterocycles. The average Bonchev–Trinajstić information content (AvgIpc) is 3.09. The lowest BCUT2D eigenvalue weighted by Crippen LogP contribution is -2.27. The van der Waals surface area contributed by atoms with E-state index in [1.54, 1.807) is 44.4 Å². The molecule has 0 aliphatic heterocycles. The molecule has 0 amide bonds. The highest BCUT2D eigenvalue weighted by Crippen LogP contribution is 2.31. The number of nitrogens with zero attached hydrogens (tertiary/aromatic N) is 2. The number of rotatable bonds is 6. The summed E-state index contributed by atoms with van der Waals surface area (Å²) in [4.78, 5) is 0.104. The Hall–Kier alpha value is -2.23. The van der Waals surface area contributed by atoms with E-state index in [2.05, 4.69) is 13.5 Å². The summed E-state index contributed by atoms with van der Waals surface area (Å²) < 4.78 is 47.1. The van der Waals surface area contributed by atoms with Crippen molar-refractivity contribution in [3.8, 4) is 11.5 Å². The number of ether oxygens (including phenoxy) is 2. The molecular weight excluding hydrogens is 362 g/mol. The normalized spacial score (nSPS) is 12.9. The van der Waals surface area contributed by atoms with Crippen LogP contribution in [-0.2, 0) is 10.0 Å². The second kappa shape index (κ2) is 6.95. The van der Waals surface area contributed by atoms with E-state index in [-0.39, 0.29) is 4.90 Å². The number of aromatic nitrogens is 2. The molecular formula is C16H17N3O4S2. The van der Waals surface area contributed by atoms with Gasteiger partial charge >= 0.3 is 0 Å². The van der Waals surface area contributed by atoms with E-state index in [0.29, 0.717) is 28.1 Å². The van der Waals surface area contributed by atoms with Gasteiger partial charge in [-0.3, -0.25) is 0 Å². The molecule has 0 fully saturated rings. The van der Waals surface area contributed by atoms with Crippen LogP contribution in [0.2, 0.25) is 0 Å². The van der Waals surface area contributed by atoms with Gasteiger partial charge in [0.05, 0.1) is 25.9 Å². The van der Waals surface area contributed by atoms with Gasteiger partial charge in [-0.15, -0.1) is 0 Å². The van der Waals surface area contributed by atoms with Crippen molar-refractivity contribution >= 4 is 32.8 Å². The maximum absolute atomic E-state index is 12.8. The molecule has 0 radical (unpaired) electrons. The topological polar surface area (TPSA) is 90.4 Å². The Balaban J connectivity index is 1.97. The summed E-state index contributed by atoms with van der Waals surface area (Å²) in [6.07, 6.45) is 0. The lowest BCUT2D eigenvalue weighted by Gasteiger charge is -2.18. The minimum Gasteiger partial charge on any atom is -0.497 e. The number of benzene rings is 2. The zero-order chi connectivity index (χ0) is 18.0. The first-order valence-electron chi connectivity index (χ1n) is 7.42. The van der Waals surface area contributed by atoms with Crippen LogP contribution in [0.25, 0.3) is 11.0 Å². The van der Waals surface area contributed by atoms with E-state index >= 15 is 0 Å². The molecule has 9 heteroatoms. The summed E-state index contributed by atoms with van der Waals surface area (Å²) >= 11 is 0.981. The first-order chi connectivity index (χ1) is 12.0. The van der Waals surface area contributed by atoms with E-state index in [1.807, 2.05) is 0 Å². The van der Waals surface area contributed by atoms with E-state index in [9.17, 15) is 8.42 Å². The summed E-state index contributed by atoms with van der Waals surface area (Å²) in [7, 11) is -0.703. The largest absolute Gasteiger partial charge is 0.497 e. The molecule has 3 rings (SSSR count).